The van der Waals surface area contributed by atoms with Crippen molar-refractivity contribution in [2.45, 2.75) is 38.1 Å². The van der Waals surface area contributed by atoms with Crippen molar-refractivity contribution in [1.82, 2.24) is 0 Å². The summed E-state index contributed by atoms with van der Waals surface area (Å²) < 4.78 is 33.8. The fourth-order valence-corrected chi connectivity index (χ4v) is 5.18. The first-order chi connectivity index (χ1) is 11.4. The third kappa shape index (κ3) is 2.76. The third-order valence-electron chi connectivity index (χ3n) is 4.21. The van der Waals surface area contributed by atoms with Crippen LogP contribution in [0, 0.1) is 6.92 Å². The number of hydrogen-bond donors (Lipinski definition) is 0. The van der Waals surface area contributed by atoms with Crippen LogP contribution in [0.2, 0.25) is 5.02 Å². The van der Waals surface area contributed by atoms with Crippen molar-refractivity contribution in [2.24, 2.45) is 0 Å². The molecule has 3 rings (SSSR count). The van der Waals surface area contributed by atoms with Gasteiger partial charge in [0.1, 0.15) is 10.6 Å². The minimum Gasteiger partial charge on any atom is -0.492 e. The lowest BCUT2D eigenvalue weighted by atomic mass is 10.1. The Labute approximate surface area is 148 Å². The van der Waals surface area contributed by atoms with Crippen LogP contribution in [0.1, 0.15) is 25.0 Å². The topological polar surface area (TPSA) is 46.6 Å². The Morgan fingerprint density at radius 1 is 1.29 bits per heavy atom. The molecule has 1 aliphatic heterocycles. The number of fused-ring (bicyclic) bond motifs is 1. The molecule has 6 heteroatoms. The average Bonchev–Trinajstić information content (AvgIpc) is 2.87. The number of anilines is 1. The zero-order chi connectivity index (χ0) is 17.5. The molecule has 1 atom stereocenters. The van der Waals surface area contributed by atoms with E-state index < -0.39 is 10.0 Å². The van der Waals surface area contributed by atoms with E-state index in [1.54, 1.807) is 6.07 Å². The summed E-state index contributed by atoms with van der Waals surface area (Å²) >= 11 is 6.20. The van der Waals surface area contributed by atoms with Crippen molar-refractivity contribution in [3.05, 3.63) is 52.5 Å². The predicted octanol–water partition coefficient (Wildman–Crippen LogP) is 4.19. The molecule has 2 aromatic carbocycles. The molecule has 0 aliphatic carbocycles. The molecule has 0 fully saturated rings. The first kappa shape index (κ1) is 17.1. The highest BCUT2D eigenvalue weighted by molar-refractivity contribution is 7.93. The standard InChI is InChI=1S/C18H20ClNO3S/c1-4-23-17-9-12(2)15(19)11-18(17)24(21,22)20-13(3)10-14-7-5-6-8-16(14)20/h5-9,11,13H,4,10H2,1-3H3/t13-/m0/s1. The highest BCUT2D eigenvalue weighted by Gasteiger charge is 2.37. The van der Waals surface area contributed by atoms with E-state index in [2.05, 4.69) is 0 Å². The number of aryl methyl sites for hydroxylation is 1. The number of para-hydroxylation sites is 1. The third-order valence-corrected chi connectivity index (χ3v) is 6.56. The van der Waals surface area contributed by atoms with Gasteiger partial charge in [0.15, 0.2) is 0 Å². The minimum absolute atomic E-state index is 0.114. The maximum Gasteiger partial charge on any atom is 0.268 e. The van der Waals surface area contributed by atoms with Crippen molar-refractivity contribution in [3.8, 4) is 5.75 Å². The predicted molar refractivity (Wildman–Crippen MR) is 96.6 cm³/mol. The SMILES string of the molecule is CCOc1cc(C)c(Cl)cc1S(=O)(=O)N1c2ccccc2C[C@@H]1C. The van der Waals surface area contributed by atoms with E-state index in [1.807, 2.05) is 45.0 Å². The summed E-state index contributed by atoms with van der Waals surface area (Å²) in [5.41, 5.74) is 2.54. The van der Waals surface area contributed by atoms with E-state index in [1.165, 1.54) is 10.4 Å². The van der Waals surface area contributed by atoms with Gasteiger partial charge < -0.3 is 4.74 Å². The molecule has 2 aromatic rings. The molecule has 1 aliphatic rings. The Bertz CT molecular complexity index is 880. The number of sulfonamides is 1. The molecule has 0 N–H and O–H groups in total. The maximum absolute atomic E-state index is 13.4. The van der Waals surface area contributed by atoms with Gasteiger partial charge in [-0.2, -0.15) is 0 Å². The van der Waals surface area contributed by atoms with Gasteiger partial charge in [-0.1, -0.05) is 29.8 Å². The lowest BCUT2D eigenvalue weighted by molar-refractivity contribution is 0.331. The van der Waals surface area contributed by atoms with Crippen molar-refractivity contribution in [3.63, 3.8) is 0 Å². The summed E-state index contributed by atoms with van der Waals surface area (Å²) in [7, 11) is -3.77. The van der Waals surface area contributed by atoms with Crippen LogP contribution in [0.15, 0.2) is 41.3 Å². The fourth-order valence-electron chi connectivity index (χ4n) is 3.12. The van der Waals surface area contributed by atoms with Gasteiger partial charge in [0.25, 0.3) is 10.0 Å². The van der Waals surface area contributed by atoms with Crippen molar-refractivity contribution in [2.75, 3.05) is 10.9 Å². The normalized spacial score (nSPS) is 17.0. The molecule has 0 aromatic heterocycles. The number of ether oxygens (including phenoxy) is 1. The van der Waals surface area contributed by atoms with Gasteiger partial charge in [0.05, 0.1) is 12.3 Å². The second kappa shape index (κ2) is 6.30. The Balaban J connectivity index is 2.17. The van der Waals surface area contributed by atoms with Gasteiger partial charge in [0.2, 0.25) is 0 Å². The number of benzene rings is 2. The Morgan fingerprint density at radius 2 is 2.00 bits per heavy atom. The van der Waals surface area contributed by atoms with Crippen molar-refractivity contribution < 1.29 is 13.2 Å². The summed E-state index contributed by atoms with van der Waals surface area (Å²) in [6, 6.07) is 10.6. The number of nitrogens with zero attached hydrogens (tertiary/aromatic N) is 1. The van der Waals surface area contributed by atoms with Crippen molar-refractivity contribution >= 4 is 27.3 Å². The molecule has 0 unspecified atom stereocenters. The Morgan fingerprint density at radius 3 is 2.71 bits per heavy atom. The van der Waals surface area contributed by atoms with E-state index in [4.69, 9.17) is 16.3 Å². The molecule has 24 heavy (non-hydrogen) atoms. The fraction of sp³-hybridized carbons (Fsp3) is 0.333. The molecule has 4 nitrogen and oxygen atoms in total. The van der Waals surface area contributed by atoms with E-state index in [-0.39, 0.29) is 10.9 Å². The molecule has 0 bridgehead atoms. The first-order valence-corrected chi connectivity index (χ1v) is 9.73. The summed E-state index contributed by atoms with van der Waals surface area (Å²) in [6.07, 6.45) is 0.693. The van der Waals surface area contributed by atoms with Gasteiger partial charge in [0, 0.05) is 11.1 Å². The average molecular weight is 366 g/mol. The summed E-state index contributed by atoms with van der Waals surface area (Å²) in [4.78, 5) is 0.114. The van der Waals surface area contributed by atoms with Gasteiger partial charge in [-0.3, -0.25) is 4.31 Å². The zero-order valence-electron chi connectivity index (χ0n) is 13.9. The van der Waals surface area contributed by atoms with Crippen LogP contribution >= 0.6 is 11.6 Å². The maximum atomic E-state index is 13.4. The lowest BCUT2D eigenvalue weighted by Crippen LogP contribution is -2.36. The Kier molecular flexibility index (Phi) is 4.49. The number of rotatable bonds is 4. The largest absolute Gasteiger partial charge is 0.492 e. The monoisotopic (exact) mass is 365 g/mol. The second-order valence-corrected chi connectivity index (χ2v) is 8.15. The van der Waals surface area contributed by atoms with Crippen LogP contribution < -0.4 is 9.04 Å². The van der Waals surface area contributed by atoms with Crippen LogP contribution in [0.3, 0.4) is 0 Å². The van der Waals surface area contributed by atoms with Gasteiger partial charge >= 0.3 is 0 Å². The molecule has 128 valence electrons. The molecular formula is C18H20ClNO3S. The van der Waals surface area contributed by atoms with Crippen LogP contribution in [-0.4, -0.2) is 21.1 Å². The zero-order valence-corrected chi connectivity index (χ0v) is 15.5. The van der Waals surface area contributed by atoms with Gasteiger partial charge in [-0.05, 0) is 56.5 Å². The number of hydrogen-bond acceptors (Lipinski definition) is 3. The molecule has 0 amide bonds. The highest BCUT2D eigenvalue weighted by atomic mass is 35.5. The van der Waals surface area contributed by atoms with E-state index in [9.17, 15) is 8.42 Å². The van der Waals surface area contributed by atoms with E-state index in [0.717, 1.165) is 16.8 Å². The molecular weight excluding hydrogens is 346 g/mol. The highest BCUT2D eigenvalue weighted by Crippen LogP contribution is 2.40. The van der Waals surface area contributed by atoms with Crippen molar-refractivity contribution in [1.29, 1.82) is 0 Å². The number of halogens is 1. The minimum atomic E-state index is -3.77. The van der Waals surface area contributed by atoms with Crippen LogP contribution in [0.4, 0.5) is 5.69 Å². The van der Waals surface area contributed by atoms with Crippen LogP contribution in [0.25, 0.3) is 0 Å². The summed E-state index contributed by atoms with van der Waals surface area (Å²) in [5.74, 6) is 0.344. The molecule has 0 saturated carbocycles. The second-order valence-electron chi connectivity index (χ2n) is 5.96. The molecule has 0 radical (unpaired) electrons. The molecule has 1 heterocycles. The smallest absolute Gasteiger partial charge is 0.268 e. The van der Waals surface area contributed by atoms with Crippen LogP contribution in [0.5, 0.6) is 5.75 Å². The molecule has 0 spiro atoms. The van der Waals surface area contributed by atoms with E-state index in [0.29, 0.717) is 23.8 Å². The Hall–Kier alpha value is -1.72. The van der Waals surface area contributed by atoms with E-state index >= 15 is 0 Å². The quantitative estimate of drug-likeness (QED) is 0.816. The van der Waals surface area contributed by atoms with Gasteiger partial charge in [-0.25, -0.2) is 8.42 Å². The van der Waals surface area contributed by atoms with Gasteiger partial charge in [-0.15, -0.1) is 0 Å². The lowest BCUT2D eigenvalue weighted by Gasteiger charge is -2.26. The van der Waals surface area contributed by atoms with Crippen LogP contribution in [-0.2, 0) is 16.4 Å². The summed E-state index contributed by atoms with van der Waals surface area (Å²) in [5, 5.41) is 0.414. The first-order valence-electron chi connectivity index (χ1n) is 7.91. The summed E-state index contributed by atoms with van der Waals surface area (Å²) in [6.45, 7) is 5.95. The molecule has 0 saturated heterocycles.